The minimum Gasteiger partial charge on any atom is -0.508 e. The lowest BCUT2D eigenvalue weighted by molar-refractivity contribution is -0.576. The number of hydrogen-bond donors (Lipinski definition) is 3. The van der Waals surface area contributed by atoms with Crippen LogP contribution in [0, 0.1) is 29.6 Å². The summed E-state index contributed by atoms with van der Waals surface area (Å²) in [5, 5.41) is 15.1. The van der Waals surface area contributed by atoms with Crippen LogP contribution in [-0.2, 0) is 54.3 Å². The second kappa shape index (κ2) is 15.3. The summed E-state index contributed by atoms with van der Waals surface area (Å²) in [5.41, 5.74) is -0.0744. The number of ether oxygens (including phenoxy) is 4. The molecule has 4 aliphatic heterocycles. The fourth-order valence-corrected chi connectivity index (χ4v) is 7.96. The molecular weight excluding hydrogens is 636 g/mol. The van der Waals surface area contributed by atoms with Crippen LogP contribution in [0.4, 0.5) is 0 Å². The van der Waals surface area contributed by atoms with E-state index in [9.17, 15) is 24.3 Å². The van der Waals surface area contributed by atoms with Gasteiger partial charge in [0.25, 0.3) is 0 Å². The van der Waals surface area contributed by atoms with Crippen molar-refractivity contribution in [1.82, 2.24) is 10.6 Å². The summed E-state index contributed by atoms with van der Waals surface area (Å²) in [6.45, 7) is 11.7. The van der Waals surface area contributed by atoms with E-state index in [1.807, 2.05) is 27.7 Å². The Hall–Kier alpha value is -3.26. The van der Waals surface area contributed by atoms with E-state index in [1.54, 1.807) is 19.1 Å². The molecule has 5 fully saturated rings. The molecule has 3 N–H and O–H groups in total. The first kappa shape index (κ1) is 37.0. The van der Waals surface area contributed by atoms with Crippen molar-refractivity contribution in [3.8, 4) is 5.75 Å². The number of esters is 2. The number of fused-ring (bicyclic) bond motifs is 2. The topological polar surface area (TPSA) is 168 Å². The fourth-order valence-electron chi connectivity index (χ4n) is 7.96. The standard InChI is InChI=1S/C36H52N2O11/c1-7-44-32(43)28(19-23-9-11-24(39)12-10-23)38-31(42)27(18-20(2)3)37-29(40)14-15-30(41)45-33-22(5)26-13-8-21(4)25-16-17-35(6)47-34(46-33)36(25,26)49-48-35/h9-12,20-22,25-28,33-34,39H,7-8,13-19H2,1-6H3,(H,37,40)(H,38,42)/t21-,22-,25-,26-,27+,28+,33+,34-,35-,36+/m1/s1. The van der Waals surface area contributed by atoms with E-state index in [0.717, 1.165) is 19.3 Å². The molecule has 6 rings (SSSR count). The summed E-state index contributed by atoms with van der Waals surface area (Å²) in [6, 6.07) is 4.33. The van der Waals surface area contributed by atoms with Crippen LogP contribution in [0.25, 0.3) is 0 Å². The Morgan fingerprint density at radius 1 is 0.980 bits per heavy atom. The minimum atomic E-state index is -1.01. The van der Waals surface area contributed by atoms with Gasteiger partial charge in [0.15, 0.2) is 11.9 Å². The molecule has 1 spiro atoms. The van der Waals surface area contributed by atoms with E-state index < -0.39 is 59.8 Å². The van der Waals surface area contributed by atoms with Gasteiger partial charge < -0.3 is 34.7 Å². The number of hydrogen-bond acceptors (Lipinski definition) is 11. The second-order valence-corrected chi connectivity index (χ2v) is 14.7. The molecule has 13 heteroatoms. The minimum absolute atomic E-state index is 0.0148. The van der Waals surface area contributed by atoms with Crippen LogP contribution in [0.3, 0.4) is 0 Å². The highest BCUT2D eigenvalue weighted by molar-refractivity contribution is 5.91. The average Bonchev–Trinajstić information content (AvgIpc) is 3.28. The number of phenols is 1. The zero-order valence-corrected chi connectivity index (χ0v) is 29.4. The Labute approximate surface area is 288 Å². The number of rotatable bonds is 13. The molecule has 2 bridgehead atoms. The van der Waals surface area contributed by atoms with E-state index in [-0.39, 0.29) is 55.3 Å². The first-order valence-corrected chi connectivity index (χ1v) is 17.7. The van der Waals surface area contributed by atoms with Crippen molar-refractivity contribution in [2.75, 3.05) is 6.61 Å². The highest BCUT2D eigenvalue weighted by atomic mass is 17.3. The van der Waals surface area contributed by atoms with Gasteiger partial charge in [-0.1, -0.05) is 39.8 Å². The van der Waals surface area contributed by atoms with Crippen molar-refractivity contribution in [3.05, 3.63) is 29.8 Å². The molecular formula is C36H52N2O11. The lowest BCUT2D eigenvalue weighted by Gasteiger charge is -2.59. The second-order valence-electron chi connectivity index (χ2n) is 14.7. The molecule has 10 atom stereocenters. The predicted molar refractivity (Wildman–Crippen MR) is 174 cm³/mol. The summed E-state index contributed by atoms with van der Waals surface area (Å²) >= 11 is 0. The summed E-state index contributed by atoms with van der Waals surface area (Å²) in [4.78, 5) is 64.3. The highest BCUT2D eigenvalue weighted by Gasteiger charge is 2.69. The first-order chi connectivity index (χ1) is 23.2. The predicted octanol–water partition coefficient (Wildman–Crippen LogP) is 4.04. The van der Waals surface area contributed by atoms with Crippen LogP contribution in [0.15, 0.2) is 24.3 Å². The molecule has 5 aliphatic rings. The third-order valence-electron chi connectivity index (χ3n) is 10.5. The van der Waals surface area contributed by atoms with Crippen molar-refractivity contribution in [2.24, 2.45) is 29.6 Å². The summed E-state index contributed by atoms with van der Waals surface area (Å²) in [7, 11) is 0. The Bertz CT molecular complexity index is 1350. The molecule has 0 aromatic heterocycles. The van der Waals surface area contributed by atoms with Gasteiger partial charge in [0.05, 0.1) is 13.0 Å². The lowest BCUT2D eigenvalue weighted by Crippen LogP contribution is -2.70. The Balaban J connectivity index is 1.18. The zero-order valence-electron chi connectivity index (χ0n) is 29.4. The van der Waals surface area contributed by atoms with Crippen molar-refractivity contribution in [2.45, 2.75) is 129 Å². The first-order valence-electron chi connectivity index (χ1n) is 17.7. The quantitative estimate of drug-likeness (QED) is 0.202. The maximum absolute atomic E-state index is 13.4. The Morgan fingerprint density at radius 3 is 2.41 bits per heavy atom. The molecule has 0 unspecified atom stereocenters. The molecule has 49 heavy (non-hydrogen) atoms. The van der Waals surface area contributed by atoms with Crippen molar-refractivity contribution >= 4 is 23.8 Å². The molecule has 1 aliphatic carbocycles. The number of aromatic hydroxyl groups is 1. The molecule has 1 aromatic rings. The number of benzene rings is 1. The van der Waals surface area contributed by atoms with Crippen LogP contribution in [-0.4, -0.2) is 71.5 Å². The van der Waals surface area contributed by atoms with Gasteiger partial charge >= 0.3 is 11.9 Å². The summed E-state index contributed by atoms with van der Waals surface area (Å²) < 4.78 is 23.7. The molecule has 1 aromatic carbocycles. The van der Waals surface area contributed by atoms with Crippen LogP contribution in [0.2, 0.25) is 0 Å². The van der Waals surface area contributed by atoms with E-state index >= 15 is 0 Å². The number of nitrogens with one attached hydrogen (secondary N) is 2. The Morgan fingerprint density at radius 2 is 1.71 bits per heavy atom. The fraction of sp³-hybridized carbons (Fsp3) is 0.722. The van der Waals surface area contributed by atoms with Gasteiger partial charge in [0.1, 0.15) is 17.8 Å². The van der Waals surface area contributed by atoms with Crippen LogP contribution in [0.1, 0.15) is 92.1 Å². The monoisotopic (exact) mass is 688 g/mol. The smallest absolute Gasteiger partial charge is 0.328 e. The SMILES string of the molecule is CCOC(=O)[C@H](Cc1ccc(O)cc1)NC(=O)[C@H](CC(C)C)NC(=O)CCC(=O)O[C@H]1O[C@@H]2O[C@@]3(C)CC[C@@H]4[C@H](C)CC[C@H]([C@H]1C)[C@]24OO3. The maximum Gasteiger partial charge on any atom is 0.328 e. The van der Waals surface area contributed by atoms with E-state index in [0.29, 0.717) is 24.3 Å². The zero-order chi connectivity index (χ0) is 35.5. The van der Waals surface area contributed by atoms with E-state index in [1.165, 1.54) is 12.1 Å². The third kappa shape index (κ3) is 8.22. The van der Waals surface area contributed by atoms with Gasteiger partial charge in [-0.25, -0.2) is 14.6 Å². The van der Waals surface area contributed by atoms with Crippen molar-refractivity contribution in [3.63, 3.8) is 0 Å². The molecule has 13 nitrogen and oxygen atoms in total. The molecule has 1 saturated carbocycles. The van der Waals surface area contributed by atoms with Gasteiger partial charge in [-0.05, 0) is 75.0 Å². The van der Waals surface area contributed by atoms with E-state index in [2.05, 4.69) is 17.6 Å². The molecule has 272 valence electrons. The highest BCUT2D eigenvalue weighted by Crippen LogP contribution is 2.60. The van der Waals surface area contributed by atoms with Gasteiger partial charge in [-0.3, -0.25) is 14.4 Å². The van der Waals surface area contributed by atoms with Gasteiger partial charge in [0.2, 0.25) is 23.9 Å². The molecule has 4 heterocycles. The average molecular weight is 689 g/mol. The molecule has 4 saturated heterocycles. The lowest BCUT2D eigenvalue weighted by atomic mass is 9.58. The number of amides is 2. The van der Waals surface area contributed by atoms with Gasteiger partial charge in [-0.2, -0.15) is 0 Å². The third-order valence-corrected chi connectivity index (χ3v) is 10.5. The largest absolute Gasteiger partial charge is 0.508 e. The number of phenolic OH excluding ortho intramolecular Hbond substituents is 1. The summed E-state index contributed by atoms with van der Waals surface area (Å²) in [5.74, 6) is -2.74. The molecule has 2 amide bonds. The van der Waals surface area contributed by atoms with E-state index in [4.69, 9.17) is 28.7 Å². The van der Waals surface area contributed by atoms with Gasteiger partial charge in [-0.15, -0.1) is 0 Å². The molecule has 0 radical (unpaired) electrons. The van der Waals surface area contributed by atoms with Crippen LogP contribution < -0.4 is 10.6 Å². The normalized spacial score (nSPS) is 33.0. The maximum atomic E-state index is 13.4. The van der Waals surface area contributed by atoms with Crippen LogP contribution >= 0.6 is 0 Å². The summed E-state index contributed by atoms with van der Waals surface area (Å²) in [6.07, 6.45) is 1.78. The van der Waals surface area contributed by atoms with Crippen LogP contribution in [0.5, 0.6) is 5.75 Å². The van der Waals surface area contributed by atoms with Gasteiger partial charge in [0, 0.05) is 31.1 Å². The number of carbonyl (C=O) groups is 4. The number of carbonyl (C=O) groups excluding carboxylic acids is 4. The van der Waals surface area contributed by atoms with Crippen molar-refractivity contribution < 1.29 is 53.0 Å². The van der Waals surface area contributed by atoms with Crippen molar-refractivity contribution in [1.29, 1.82) is 0 Å². The Kier molecular flexibility index (Phi) is 11.6.